The number of rotatable bonds is 4. The molecule has 2 rings (SSSR count). The van der Waals surface area contributed by atoms with Crippen molar-refractivity contribution < 1.29 is 14.6 Å². The predicted molar refractivity (Wildman–Crippen MR) is 66.5 cm³/mol. The van der Waals surface area contributed by atoms with E-state index < -0.39 is 5.60 Å². The Hall–Kier alpha value is -1.05. The number of aromatic nitrogens is 1. The molecule has 0 spiro atoms. The van der Waals surface area contributed by atoms with E-state index in [1.807, 2.05) is 6.92 Å². The van der Waals surface area contributed by atoms with Crippen LogP contribution in [0, 0.1) is 0 Å². The number of nitrogen functional groups attached to an aromatic ring is 1. The zero-order valence-corrected chi connectivity index (χ0v) is 10.7. The van der Waals surface area contributed by atoms with Crippen LogP contribution in [-0.4, -0.2) is 41.4 Å². The molecule has 1 aliphatic heterocycles. The van der Waals surface area contributed by atoms with Crippen LogP contribution in [0.3, 0.4) is 0 Å². The Kier molecular flexibility index (Phi) is 3.41. The van der Waals surface area contributed by atoms with Crippen LogP contribution >= 0.6 is 11.5 Å². The number of nitrogens with two attached hydrogens (primary N) is 1. The number of hydrogen-bond donors (Lipinski definition) is 3. The zero-order valence-electron chi connectivity index (χ0n) is 9.90. The fourth-order valence-electron chi connectivity index (χ4n) is 1.84. The zero-order chi connectivity index (χ0) is 12.5. The number of nitrogens with zero attached hydrogens (tertiary/aromatic N) is 1. The van der Waals surface area contributed by atoms with Crippen molar-refractivity contribution in [3.8, 4) is 5.75 Å². The van der Waals surface area contributed by atoms with E-state index in [0.717, 1.165) is 5.00 Å². The molecule has 2 atom stereocenters. The van der Waals surface area contributed by atoms with Gasteiger partial charge in [-0.15, -0.1) is 0 Å². The largest absolute Gasteiger partial charge is 0.490 e. The Morgan fingerprint density at radius 1 is 1.76 bits per heavy atom. The molecule has 17 heavy (non-hydrogen) atoms. The summed E-state index contributed by atoms with van der Waals surface area (Å²) in [5, 5.41) is 14.2. The quantitative estimate of drug-likeness (QED) is 0.737. The molecule has 6 nitrogen and oxygen atoms in total. The van der Waals surface area contributed by atoms with Gasteiger partial charge < -0.3 is 25.6 Å². The van der Waals surface area contributed by atoms with Gasteiger partial charge in [0.15, 0.2) is 16.6 Å². The maximum absolute atomic E-state index is 10.3. The first-order chi connectivity index (χ1) is 8.07. The van der Waals surface area contributed by atoms with Gasteiger partial charge in [-0.05, 0) is 18.5 Å². The molecule has 2 unspecified atom stereocenters. The van der Waals surface area contributed by atoms with Crippen molar-refractivity contribution in [3.05, 3.63) is 0 Å². The second-order valence-corrected chi connectivity index (χ2v) is 4.92. The minimum absolute atomic E-state index is 0.175. The lowest BCUT2D eigenvalue weighted by atomic mass is 9.97. The van der Waals surface area contributed by atoms with Crippen LogP contribution in [0.1, 0.15) is 13.3 Å². The molecule has 0 aliphatic carbocycles. The third-order valence-corrected chi connectivity index (χ3v) is 3.89. The number of hydrogen-bond acceptors (Lipinski definition) is 7. The van der Waals surface area contributed by atoms with Gasteiger partial charge in [0, 0.05) is 19.6 Å². The summed E-state index contributed by atoms with van der Waals surface area (Å²) in [7, 11) is 1.54. The van der Waals surface area contributed by atoms with Crippen LogP contribution in [0.25, 0.3) is 0 Å². The van der Waals surface area contributed by atoms with Crippen molar-refractivity contribution in [3.63, 3.8) is 0 Å². The van der Waals surface area contributed by atoms with Crippen molar-refractivity contribution in [2.24, 2.45) is 0 Å². The molecule has 1 fully saturated rings. The molecule has 0 bridgehead atoms. The molecule has 0 amide bonds. The summed E-state index contributed by atoms with van der Waals surface area (Å²) in [6, 6.07) is 0. The van der Waals surface area contributed by atoms with E-state index >= 15 is 0 Å². The molecule has 1 aromatic rings. The standard InChI is InChI=1S/C10H17N3O3S/c1-6-10(14,3-4-16-6)5-12-9-7(15-2)8(11)13-17-9/h6,12,14H,3-5H2,1-2H3,(H2,11,13). The molecule has 1 saturated heterocycles. The second kappa shape index (κ2) is 4.67. The highest BCUT2D eigenvalue weighted by Crippen LogP contribution is 2.36. The SMILES string of the molecule is COc1c(N)nsc1NCC1(O)CCOC1C. The highest BCUT2D eigenvalue weighted by molar-refractivity contribution is 7.11. The van der Waals surface area contributed by atoms with Gasteiger partial charge in [-0.25, -0.2) is 0 Å². The first kappa shape index (κ1) is 12.4. The molecule has 2 heterocycles. The number of anilines is 2. The molecule has 0 aromatic carbocycles. The van der Waals surface area contributed by atoms with Crippen molar-refractivity contribution in [2.75, 3.05) is 31.3 Å². The minimum atomic E-state index is -0.843. The van der Waals surface area contributed by atoms with E-state index in [1.165, 1.54) is 11.5 Å². The number of methoxy groups -OCH3 is 1. The number of aliphatic hydroxyl groups is 1. The van der Waals surface area contributed by atoms with Crippen molar-refractivity contribution in [2.45, 2.75) is 25.0 Å². The van der Waals surface area contributed by atoms with E-state index in [9.17, 15) is 5.11 Å². The predicted octanol–water partition coefficient (Wildman–Crippen LogP) is 0.686. The Bertz CT molecular complexity index is 398. The van der Waals surface area contributed by atoms with E-state index in [4.69, 9.17) is 15.2 Å². The van der Waals surface area contributed by atoms with Gasteiger partial charge in [0.25, 0.3) is 0 Å². The van der Waals surface area contributed by atoms with Crippen LogP contribution in [0.2, 0.25) is 0 Å². The third-order valence-electron chi connectivity index (χ3n) is 3.09. The topological polar surface area (TPSA) is 89.6 Å². The van der Waals surface area contributed by atoms with Crippen molar-refractivity contribution in [1.29, 1.82) is 0 Å². The maximum Gasteiger partial charge on any atom is 0.197 e. The number of ether oxygens (including phenoxy) is 2. The lowest BCUT2D eigenvalue weighted by molar-refractivity contribution is -0.0175. The van der Waals surface area contributed by atoms with Crippen LogP contribution in [0.4, 0.5) is 10.8 Å². The van der Waals surface area contributed by atoms with Crippen LogP contribution in [0.5, 0.6) is 5.75 Å². The van der Waals surface area contributed by atoms with Gasteiger partial charge in [-0.3, -0.25) is 0 Å². The molecular weight excluding hydrogens is 242 g/mol. The third kappa shape index (κ3) is 2.31. The highest BCUT2D eigenvalue weighted by atomic mass is 32.1. The van der Waals surface area contributed by atoms with Gasteiger partial charge in [0.05, 0.1) is 13.2 Å². The van der Waals surface area contributed by atoms with Gasteiger partial charge in [-0.1, -0.05) is 0 Å². The molecule has 7 heteroatoms. The summed E-state index contributed by atoms with van der Waals surface area (Å²) in [6.45, 7) is 2.85. The Labute approximate surface area is 104 Å². The molecule has 0 radical (unpaired) electrons. The first-order valence-electron chi connectivity index (χ1n) is 5.44. The molecule has 1 aliphatic rings. The molecule has 1 aromatic heterocycles. The normalized spacial score (nSPS) is 28.3. The van der Waals surface area contributed by atoms with Crippen molar-refractivity contribution >= 4 is 22.4 Å². The van der Waals surface area contributed by atoms with Gasteiger partial charge >= 0.3 is 0 Å². The fraction of sp³-hybridized carbons (Fsp3) is 0.700. The number of nitrogens with one attached hydrogen (secondary N) is 1. The van der Waals surface area contributed by atoms with Crippen LogP contribution < -0.4 is 15.8 Å². The average molecular weight is 259 g/mol. The lowest BCUT2D eigenvalue weighted by Crippen LogP contribution is -2.42. The lowest BCUT2D eigenvalue weighted by Gasteiger charge is -2.26. The first-order valence-corrected chi connectivity index (χ1v) is 6.21. The highest BCUT2D eigenvalue weighted by Gasteiger charge is 2.39. The summed E-state index contributed by atoms with van der Waals surface area (Å²) in [4.78, 5) is 0. The van der Waals surface area contributed by atoms with Crippen LogP contribution in [-0.2, 0) is 4.74 Å². The molecular formula is C10H17N3O3S. The second-order valence-electron chi connectivity index (χ2n) is 4.15. The fourth-order valence-corrected chi connectivity index (χ4v) is 2.52. The van der Waals surface area contributed by atoms with Crippen LogP contribution in [0.15, 0.2) is 0 Å². The van der Waals surface area contributed by atoms with E-state index in [1.54, 1.807) is 7.11 Å². The summed E-state index contributed by atoms with van der Waals surface area (Å²) >= 11 is 1.22. The summed E-state index contributed by atoms with van der Waals surface area (Å²) in [5.74, 6) is 0.896. The van der Waals surface area contributed by atoms with Gasteiger partial charge in [0.2, 0.25) is 0 Å². The average Bonchev–Trinajstić information content (AvgIpc) is 2.81. The van der Waals surface area contributed by atoms with E-state index in [0.29, 0.717) is 31.1 Å². The molecule has 4 N–H and O–H groups in total. The molecule has 0 saturated carbocycles. The Morgan fingerprint density at radius 3 is 3.12 bits per heavy atom. The van der Waals surface area contributed by atoms with E-state index in [-0.39, 0.29) is 6.10 Å². The summed E-state index contributed by atoms with van der Waals surface area (Å²) in [6.07, 6.45) is 0.448. The van der Waals surface area contributed by atoms with Crippen molar-refractivity contribution in [1.82, 2.24) is 4.37 Å². The monoisotopic (exact) mass is 259 g/mol. The minimum Gasteiger partial charge on any atom is -0.490 e. The maximum atomic E-state index is 10.3. The van der Waals surface area contributed by atoms with E-state index in [2.05, 4.69) is 9.69 Å². The van der Waals surface area contributed by atoms with Gasteiger partial charge in [-0.2, -0.15) is 4.37 Å². The smallest absolute Gasteiger partial charge is 0.197 e. The summed E-state index contributed by atoms with van der Waals surface area (Å²) < 4.78 is 14.5. The molecule has 96 valence electrons. The Balaban J connectivity index is 2.02. The summed E-state index contributed by atoms with van der Waals surface area (Å²) in [5.41, 5.74) is 4.80. The Morgan fingerprint density at radius 2 is 2.53 bits per heavy atom. The van der Waals surface area contributed by atoms with Gasteiger partial charge in [0.1, 0.15) is 5.60 Å².